The summed E-state index contributed by atoms with van der Waals surface area (Å²) >= 11 is 3.92. The molecule has 2 aromatic rings. The number of thioether (sulfide) groups is 2. The highest BCUT2D eigenvalue weighted by Crippen LogP contribution is 2.21. The molecule has 118 valence electrons. The number of nitrogen functional groups attached to an aromatic ring is 2. The minimum atomic E-state index is 0.836. The van der Waals surface area contributed by atoms with Crippen LogP contribution in [-0.4, -0.2) is 11.5 Å². The minimum absolute atomic E-state index is 0.836. The van der Waals surface area contributed by atoms with Gasteiger partial charge in [-0.15, -0.1) is 11.8 Å². The summed E-state index contributed by atoms with van der Waals surface area (Å²) in [6.45, 7) is 0. The van der Waals surface area contributed by atoms with Gasteiger partial charge in [-0.3, -0.25) is 0 Å². The molecule has 0 spiro atoms. The molecule has 0 bridgehead atoms. The Balaban J connectivity index is 1.47. The smallest absolute Gasteiger partial charge is 0.0314 e. The van der Waals surface area contributed by atoms with E-state index in [2.05, 4.69) is 24.3 Å². The third-order valence-electron chi connectivity index (χ3n) is 3.33. The Morgan fingerprint density at radius 1 is 0.682 bits per heavy atom. The zero-order chi connectivity index (χ0) is 15.6. The first-order valence-electron chi connectivity index (χ1n) is 7.64. The Morgan fingerprint density at radius 2 is 1.27 bits per heavy atom. The third-order valence-corrected chi connectivity index (χ3v) is 5.54. The van der Waals surface area contributed by atoms with E-state index in [4.69, 9.17) is 11.5 Å². The lowest BCUT2D eigenvalue weighted by atomic mass is 10.2. The Bertz CT molecular complexity index is 487. The van der Waals surface area contributed by atoms with Crippen LogP contribution in [0.3, 0.4) is 0 Å². The monoisotopic (exact) mass is 332 g/mol. The van der Waals surface area contributed by atoms with Gasteiger partial charge in [0.2, 0.25) is 0 Å². The number of hydrogen-bond donors (Lipinski definition) is 2. The molecule has 0 heterocycles. The van der Waals surface area contributed by atoms with Crippen LogP contribution < -0.4 is 11.5 Å². The van der Waals surface area contributed by atoms with Gasteiger partial charge < -0.3 is 11.5 Å². The zero-order valence-electron chi connectivity index (χ0n) is 12.8. The molecule has 0 saturated heterocycles. The van der Waals surface area contributed by atoms with Crippen LogP contribution in [0.5, 0.6) is 0 Å². The molecule has 0 aromatic heterocycles. The summed E-state index contributed by atoms with van der Waals surface area (Å²) in [6.07, 6.45) is 3.87. The molecule has 2 nitrogen and oxygen atoms in total. The summed E-state index contributed by atoms with van der Waals surface area (Å²) in [5, 5.41) is 0. The SMILES string of the molecule is Nc1ccc(CSCCCCCSc2ccc(N)cc2)cc1. The van der Waals surface area contributed by atoms with Crippen molar-refractivity contribution in [3.8, 4) is 0 Å². The third kappa shape index (κ3) is 6.67. The Morgan fingerprint density at radius 3 is 1.95 bits per heavy atom. The summed E-state index contributed by atoms with van der Waals surface area (Å²) in [5.74, 6) is 3.50. The number of anilines is 2. The average molecular weight is 333 g/mol. The van der Waals surface area contributed by atoms with E-state index in [9.17, 15) is 0 Å². The molecule has 0 atom stereocenters. The lowest BCUT2D eigenvalue weighted by Gasteiger charge is -2.04. The van der Waals surface area contributed by atoms with Gasteiger partial charge in [-0.2, -0.15) is 11.8 Å². The molecular formula is C18H24N2S2. The Kier molecular flexibility index (Phi) is 7.54. The van der Waals surface area contributed by atoms with Crippen molar-refractivity contribution < 1.29 is 0 Å². The van der Waals surface area contributed by atoms with Crippen molar-refractivity contribution in [2.45, 2.75) is 29.9 Å². The lowest BCUT2D eigenvalue weighted by Crippen LogP contribution is -1.88. The highest BCUT2D eigenvalue weighted by molar-refractivity contribution is 7.99. The van der Waals surface area contributed by atoms with Crippen molar-refractivity contribution >= 4 is 34.9 Å². The molecule has 0 radical (unpaired) electrons. The first kappa shape index (κ1) is 17.1. The van der Waals surface area contributed by atoms with Crippen molar-refractivity contribution in [1.29, 1.82) is 0 Å². The van der Waals surface area contributed by atoms with Crippen molar-refractivity contribution in [3.63, 3.8) is 0 Å². The highest BCUT2D eigenvalue weighted by Gasteiger charge is 1.96. The highest BCUT2D eigenvalue weighted by atomic mass is 32.2. The number of unbranched alkanes of at least 4 members (excludes halogenated alkanes) is 2. The van der Waals surface area contributed by atoms with Crippen LogP contribution in [0.2, 0.25) is 0 Å². The summed E-state index contributed by atoms with van der Waals surface area (Å²) in [6, 6.07) is 16.3. The molecule has 0 aliphatic carbocycles. The summed E-state index contributed by atoms with van der Waals surface area (Å²) in [7, 11) is 0. The lowest BCUT2D eigenvalue weighted by molar-refractivity contribution is 0.785. The standard InChI is InChI=1S/C18H24N2S2/c19-16-6-4-15(5-7-16)14-21-12-2-1-3-13-22-18-10-8-17(20)9-11-18/h4-11H,1-3,12-14,19-20H2. The van der Waals surface area contributed by atoms with Crippen LogP contribution in [0, 0.1) is 0 Å². The van der Waals surface area contributed by atoms with Gasteiger partial charge in [0.25, 0.3) is 0 Å². The maximum absolute atomic E-state index is 5.68. The number of hydrogen-bond acceptors (Lipinski definition) is 4. The van der Waals surface area contributed by atoms with E-state index < -0.39 is 0 Å². The van der Waals surface area contributed by atoms with E-state index in [1.54, 1.807) is 0 Å². The number of rotatable bonds is 9. The molecule has 0 saturated carbocycles. The van der Waals surface area contributed by atoms with Gasteiger partial charge in [-0.1, -0.05) is 18.6 Å². The zero-order valence-corrected chi connectivity index (χ0v) is 14.5. The largest absolute Gasteiger partial charge is 0.399 e. The Labute approximate surface area is 142 Å². The molecule has 4 heteroatoms. The fourth-order valence-electron chi connectivity index (χ4n) is 2.04. The average Bonchev–Trinajstić information content (AvgIpc) is 2.53. The maximum atomic E-state index is 5.68. The molecular weight excluding hydrogens is 308 g/mol. The molecule has 0 amide bonds. The van der Waals surface area contributed by atoms with Crippen molar-refractivity contribution in [3.05, 3.63) is 54.1 Å². The van der Waals surface area contributed by atoms with E-state index in [0.717, 1.165) is 17.1 Å². The van der Waals surface area contributed by atoms with Crippen LogP contribution in [0.25, 0.3) is 0 Å². The second-order valence-corrected chi connectivity index (χ2v) is 7.55. The molecule has 0 aliphatic heterocycles. The molecule has 0 aliphatic rings. The summed E-state index contributed by atoms with van der Waals surface area (Å²) in [4.78, 5) is 1.31. The topological polar surface area (TPSA) is 52.0 Å². The van der Waals surface area contributed by atoms with Crippen molar-refractivity contribution in [2.24, 2.45) is 0 Å². The summed E-state index contributed by atoms with van der Waals surface area (Å²) in [5.41, 5.74) is 14.4. The first-order chi connectivity index (χ1) is 10.7. The first-order valence-corrected chi connectivity index (χ1v) is 9.78. The molecule has 4 N–H and O–H groups in total. The van der Waals surface area contributed by atoms with Crippen LogP contribution in [0.15, 0.2) is 53.4 Å². The van der Waals surface area contributed by atoms with Gasteiger partial charge in [0.05, 0.1) is 0 Å². The van der Waals surface area contributed by atoms with Crippen LogP contribution in [0.1, 0.15) is 24.8 Å². The molecule has 0 fully saturated rings. The van der Waals surface area contributed by atoms with Crippen LogP contribution >= 0.6 is 23.5 Å². The second-order valence-electron chi connectivity index (χ2n) is 5.27. The van der Waals surface area contributed by atoms with Gasteiger partial charge in [0.15, 0.2) is 0 Å². The van der Waals surface area contributed by atoms with E-state index in [-0.39, 0.29) is 0 Å². The maximum Gasteiger partial charge on any atom is 0.0314 e. The predicted octanol–water partition coefficient (Wildman–Crippen LogP) is 5.05. The fraction of sp³-hybridized carbons (Fsp3) is 0.333. The number of nitrogens with two attached hydrogens (primary N) is 2. The van der Waals surface area contributed by atoms with E-state index in [1.165, 1.54) is 41.2 Å². The summed E-state index contributed by atoms with van der Waals surface area (Å²) < 4.78 is 0. The van der Waals surface area contributed by atoms with E-state index in [1.807, 2.05) is 47.8 Å². The van der Waals surface area contributed by atoms with Crippen LogP contribution in [0.4, 0.5) is 11.4 Å². The minimum Gasteiger partial charge on any atom is -0.399 e. The fourth-order valence-corrected chi connectivity index (χ4v) is 3.93. The van der Waals surface area contributed by atoms with Crippen molar-refractivity contribution in [2.75, 3.05) is 23.0 Å². The van der Waals surface area contributed by atoms with E-state index in [0.29, 0.717) is 0 Å². The molecule has 2 rings (SSSR count). The van der Waals surface area contributed by atoms with Gasteiger partial charge >= 0.3 is 0 Å². The quantitative estimate of drug-likeness (QED) is 0.383. The van der Waals surface area contributed by atoms with Gasteiger partial charge in [-0.25, -0.2) is 0 Å². The van der Waals surface area contributed by atoms with Gasteiger partial charge in [0.1, 0.15) is 0 Å². The van der Waals surface area contributed by atoms with Gasteiger partial charge in [-0.05, 0) is 66.3 Å². The Hall–Kier alpha value is -1.26. The normalized spacial score (nSPS) is 10.7. The number of benzene rings is 2. The second kappa shape index (κ2) is 9.70. The van der Waals surface area contributed by atoms with Gasteiger partial charge in [0, 0.05) is 22.0 Å². The van der Waals surface area contributed by atoms with Crippen molar-refractivity contribution in [1.82, 2.24) is 0 Å². The molecule has 0 unspecified atom stereocenters. The molecule has 2 aromatic carbocycles. The molecule has 22 heavy (non-hydrogen) atoms. The predicted molar refractivity (Wildman–Crippen MR) is 102 cm³/mol. The van der Waals surface area contributed by atoms with E-state index >= 15 is 0 Å². The van der Waals surface area contributed by atoms with Crippen LogP contribution in [-0.2, 0) is 5.75 Å².